The number of benzene rings is 1. The van der Waals surface area contributed by atoms with Crippen LogP contribution < -0.4 is 0 Å². The van der Waals surface area contributed by atoms with E-state index in [1.54, 1.807) is 6.92 Å². The summed E-state index contributed by atoms with van der Waals surface area (Å²) in [7, 11) is 0. The zero-order valence-corrected chi connectivity index (χ0v) is 12.3. The largest absolute Gasteiger partial charge is 0.507 e. The van der Waals surface area contributed by atoms with Crippen LogP contribution in [0.3, 0.4) is 0 Å². The van der Waals surface area contributed by atoms with Gasteiger partial charge in [0.2, 0.25) is 0 Å². The van der Waals surface area contributed by atoms with Crippen molar-refractivity contribution >= 4 is 18.4 Å². The van der Waals surface area contributed by atoms with E-state index in [4.69, 9.17) is 5.11 Å². The smallest absolute Gasteiger partial charge is 0.307 e. The van der Waals surface area contributed by atoms with Gasteiger partial charge in [-0.1, -0.05) is 26.8 Å². The molecule has 0 spiro atoms. The van der Waals surface area contributed by atoms with Crippen LogP contribution in [0.1, 0.15) is 43.0 Å². The fourth-order valence-electron chi connectivity index (χ4n) is 2.01. The normalized spacial score (nSPS) is 10.9. The van der Waals surface area contributed by atoms with E-state index < -0.39 is 5.97 Å². The summed E-state index contributed by atoms with van der Waals surface area (Å²) < 4.78 is 0. The van der Waals surface area contributed by atoms with Crippen molar-refractivity contribution in [2.75, 3.05) is 0 Å². The van der Waals surface area contributed by atoms with Crippen molar-refractivity contribution in [3.63, 3.8) is 0 Å². The molecule has 0 aromatic heterocycles. The highest BCUT2D eigenvalue weighted by molar-refractivity contribution is 5.85. The molecule has 0 radical (unpaired) electrons. The molecule has 2 N–H and O–H groups in total. The van der Waals surface area contributed by atoms with Crippen molar-refractivity contribution in [3.05, 3.63) is 28.3 Å². The van der Waals surface area contributed by atoms with E-state index in [-0.39, 0.29) is 30.0 Å². The Bertz CT molecular complexity index is 459. The molecule has 102 valence electrons. The highest BCUT2D eigenvalue weighted by Crippen LogP contribution is 2.36. The summed E-state index contributed by atoms with van der Waals surface area (Å²) in [5, 5.41) is 19.0. The lowest BCUT2D eigenvalue weighted by Gasteiger charge is -2.24. The Kier molecular flexibility index (Phi) is 5.23. The summed E-state index contributed by atoms with van der Waals surface area (Å²) in [6.07, 6.45) is -0.0460. The molecule has 0 aliphatic carbocycles. The second kappa shape index (κ2) is 5.61. The molecule has 0 saturated carbocycles. The molecular weight excluding hydrogens is 252 g/mol. The number of hydrogen-bond donors (Lipinski definition) is 2. The SMILES string of the molecule is Cc1cc(C(C)(C)C)c(O)c(C)c1CC(=O)O.Cl. The van der Waals surface area contributed by atoms with Crippen LogP contribution in [-0.4, -0.2) is 16.2 Å². The third-order valence-electron chi connectivity index (χ3n) is 3.04. The standard InChI is InChI=1S/C14H20O3.ClH/c1-8-6-11(14(3,4)5)13(17)9(2)10(8)7-12(15)16;/h6,17H,7H2,1-5H3,(H,15,16);1H. The minimum atomic E-state index is -0.876. The summed E-state index contributed by atoms with van der Waals surface area (Å²) >= 11 is 0. The van der Waals surface area contributed by atoms with E-state index in [2.05, 4.69) is 0 Å². The molecule has 4 heteroatoms. The van der Waals surface area contributed by atoms with Crippen molar-refractivity contribution in [3.8, 4) is 5.75 Å². The Labute approximate surface area is 114 Å². The Morgan fingerprint density at radius 1 is 1.28 bits per heavy atom. The molecule has 18 heavy (non-hydrogen) atoms. The maximum atomic E-state index is 10.8. The van der Waals surface area contributed by atoms with Crippen LogP contribution in [0.4, 0.5) is 0 Å². The number of aromatic hydroxyl groups is 1. The average molecular weight is 273 g/mol. The number of carbonyl (C=O) groups is 1. The quantitative estimate of drug-likeness (QED) is 0.868. The van der Waals surface area contributed by atoms with E-state index >= 15 is 0 Å². The number of aliphatic carboxylic acids is 1. The number of aryl methyl sites for hydroxylation is 1. The third kappa shape index (κ3) is 3.39. The molecule has 0 amide bonds. The van der Waals surface area contributed by atoms with Crippen LogP contribution in [0.2, 0.25) is 0 Å². The molecule has 0 aliphatic heterocycles. The number of carboxylic acid groups (broad SMARTS) is 1. The van der Waals surface area contributed by atoms with E-state index in [1.165, 1.54) is 0 Å². The summed E-state index contributed by atoms with van der Waals surface area (Å²) in [4.78, 5) is 10.8. The van der Waals surface area contributed by atoms with E-state index in [1.807, 2.05) is 33.8 Å². The summed E-state index contributed by atoms with van der Waals surface area (Å²) in [6, 6.07) is 1.89. The van der Waals surface area contributed by atoms with Gasteiger partial charge in [-0.2, -0.15) is 0 Å². The molecule has 0 heterocycles. The fourth-order valence-corrected chi connectivity index (χ4v) is 2.01. The number of halogens is 1. The first-order valence-corrected chi connectivity index (χ1v) is 5.69. The number of phenolic OH excluding ortho intramolecular Hbond substituents is 1. The van der Waals surface area contributed by atoms with Gasteiger partial charge in [0.25, 0.3) is 0 Å². The lowest BCUT2D eigenvalue weighted by Crippen LogP contribution is -2.14. The highest BCUT2D eigenvalue weighted by Gasteiger charge is 2.22. The first kappa shape index (κ1) is 16.8. The molecule has 0 atom stereocenters. The molecule has 1 rings (SSSR count). The van der Waals surface area contributed by atoms with Gasteiger partial charge in [-0.05, 0) is 41.5 Å². The zero-order valence-electron chi connectivity index (χ0n) is 11.5. The highest BCUT2D eigenvalue weighted by atomic mass is 35.5. The van der Waals surface area contributed by atoms with Gasteiger partial charge in [-0.15, -0.1) is 12.4 Å². The molecule has 1 aromatic rings. The van der Waals surface area contributed by atoms with Crippen molar-refractivity contribution in [2.45, 2.75) is 46.5 Å². The second-order valence-corrected chi connectivity index (χ2v) is 5.51. The van der Waals surface area contributed by atoms with Crippen molar-refractivity contribution < 1.29 is 15.0 Å². The van der Waals surface area contributed by atoms with Crippen molar-refractivity contribution in [2.24, 2.45) is 0 Å². The Morgan fingerprint density at radius 3 is 2.17 bits per heavy atom. The molecule has 0 unspecified atom stereocenters. The van der Waals surface area contributed by atoms with Gasteiger partial charge in [-0.3, -0.25) is 4.79 Å². The van der Waals surface area contributed by atoms with E-state index in [0.717, 1.165) is 11.1 Å². The van der Waals surface area contributed by atoms with Gasteiger partial charge >= 0.3 is 5.97 Å². The van der Waals surface area contributed by atoms with Gasteiger partial charge in [0.1, 0.15) is 5.75 Å². The second-order valence-electron chi connectivity index (χ2n) is 5.51. The first-order chi connectivity index (χ1) is 7.64. The predicted molar refractivity (Wildman–Crippen MR) is 74.9 cm³/mol. The average Bonchev–Trinajstić information content (AvgIpc) is 2.16. The fraction of sp³-hybridized carbons (Fsp3) is 0.500. The lowest BCUT2D eigenvalue weighted by atomic mass is 9.82. The number of hydrogen-bond acceptors (Lipinski definition) is 2. The van der Waals surface area contributed by atoms with Crippen LogP contribution in [0.15, 0.2) is 6.07 Å². The van der Waals surface area contributed by atoms with Gasteiger partial charge in [0, 0.05) is 0 Å². The van der Waals surface area contributed by atoms with Gasteiger partial charge < -0.3 is 10.2 Å². The van der Waals surface area contributed by atoms with Crippen LogP contribution in [0, 0.1) is 13.8 Å². The molecular formula is C14H21ClO3. The van der Waals surface area contributed by atoms with Crippen LogP contribution in [0.25, 0.3) is 0 Å². The molecule has 0 aliphatic rings. The molecule has 1 aromatic carbocycles. The Balaban J connectivity index is 0.00000289. The minimum Gasteiger partial charge on any atom is -0.507 e. The summed E-state index contributed by atoms with van der Waals surface area (Å²) in [6.45, 7) is 9.74. The van der Waals surface area contributed by atoms with Crippen molar-refractivity contribution in [1.29, 1.82) is 0 Å². The van der Waals surface area contributed by atoms with Gasteiger partial charge in [0.15, 0.2) is 0 Å². The summed E-state index contributed by atoms with van der Waals surface area (Å²) in [5.41, 5.74) is 3.02. The monoisotopic (exact) mass is 272 g/mol. The van der Waals surface area contributed by atoms with Crippen LogP contribution in [0.5, 0.6) is 5.75 Å². The predicted octanol–water partition coefficient (Wildman–Crippen LogP) is 3.36. The van der Waals surface area contributed by atoms with Gasteiger partial charge in [-0.25, -0.2) is 0 Å². The number of carboxylic acids is 1. The van der Waals surface area contributed by atoms with E-state index in [9.17, 15) is 9.90 Å². The van der Waals surface area contributed by atoms with Crippen LogP contribution >= 0.6 is 12.4 Å². The third-order valence-corrected chi connectivity index (χ3v) is 3.04. The maximum Gasteiger partial charge on any atom is 0.307 e. The van der Waals surface area contributed by atoms with Crippen LogP contribution in [-0.2, 0) is 16.6 Å². The Hall–Kier alpha value is -1.22. The molecule has 0 bridgehead atoms. The first-order valence-electron chi connectivity index (χ1n) is 5.69. The topological polar surface area (TPSA) is 57.5 Å². The van der Waals surface area contributed by atoms with Gasteiger partial charge in [0.05, 0.1) is 6.42 Å². The number of rotatable bonds is 2. The molecule has 0 fully saturated rings. The summed E-state index contributed by atoms with van der Waals surface area (Å²) in [5.74, 6) is -0.654. The number of phenols is 1. The minimum absolute atomic E-state index is 0. The lowest BCUT2D eigenvalue weighted by molar-refractivity contribution is -0.136. The molecule has 3 nitrogen and oxygen atoms in total. The Morgan fingerprint density at radius 2 is 1.78 bits per heavy atom. The maximum absolute atomic E-state index is 10.8. The molecule has 0 saturated heterocycles. The zero-order chi connectivity index (χ0) is 13.4. The van der Waals surface area contributed by atoms with E-state index in [0.29, 0.717) is 11.1 Å². The van der Waals surface area contributed by atoms with Crippen molar-refractivity contribution in [1.82, 2.24) is 0 Å².